The Labute approximate surface area is 118 Å². The van der Waals surface area contributed by atoms with Gasteiger partial charge in [0.1, 0.15) is 6.79 Å². The predicted octanol–water partition coefficient (Wildman–Crippen LogP) is 3.22. The van der Waals surface area contributed by atoms with Gasteiger partial charge in [-0.05, 0) is 31.8 Å². The molecule has 18 heavy (non-hydrogen) atoms. The summed E-state index contributed by atoms with van der Waals surface area (Å²) in [5.74, 6) is 0.271. The maximum absolute atomic E-state index is 6.29. The Bertz CT molecular complexity index is 406. The van der Waals surface area contributed by atoms with Crippen LogP contribution in [0.25, 0.3) is 0 Å². The van der Waals surface area contributed by atoms with Crippen molar-refractivity contribution in [2.75, 3.05) is 34.1 Å². The standard InChI is InChI=1S/C13H17Cl2NO2/c1-16(2)13(9-6-17-8-18-7-9)11-4-3-10(14)5-12(11)15/h3-5,9,13H,6-8H2,1-2H3. The lowest BCUT2D eigenvalue weighted by molar-refractivity contribution is -0.139. The molecule has 0 amide bonds. The normalized spacial score (nSPS) is 19.2. The van der Waals surface area contributed by atoms with Crippen molar-refractivity contribution in [3.8, 4) is 0 Å². The zero-order valence-electron chi connectivity index (χ0n) is 10.5. The molecule has 0 aliphatic carbocycles. The van der Waals surface area contributed by atoms with Gasteiger partial charge in [0.15, 0.2) is 0 Å². The molecular formula is C13H17Cl2NO2. The molecule has 0 N–H and O–H groups in total. The summed E-state index contributed by atoms with van der Waals surface area (Å²) in [6.07, 6.45) is 0. The number of hydrogen-bond acceptors (Lipinski definition) is 3. The van der Waals surface area contributed by atoms with Crippen molar-refractivity contribution in [1.29, 1.82) is 0 Å². The van der Waals surface area contributed by atoms with Gasteiger partial charge in [-0.15, -0.1) is 0 Å². The molecule has 1 aromatic rings. The summed E-state index contributed by atoms with van der Waals surface area (Å²) >= 11 is 12.2. The molecule has 1 aliphatic rings. The maximum Gasteiger partial charge on any atom is 0.146 e. The van der Waals surface area contributed by atoms with Gasteiger partial charge in [0.25, 0.3) is 0 Å². The lowest BCUT2D eigenvalue weighted by atomic mass is 9.93. The van der Waals surface area contributed by atoms with E-state index in [0.29, 0.717) is 30.1 Å². The van der Waals surface area contributed by atoms with Crippen LogP contribution in [0.1, 0.15) is 11.6 Å². The maximum atomic E-state index is 6.29. The minimum absolute atomic E-state index is 0.162. The van der Waals surface area contributed by atoms with E-state index < -0.39 is 0 Å². The van der Waals surface area contributed by atoms with E-state index in [1.54, 1.807) is 6.07 Å². The number of ether oxygens (including phenoxy) is 2. The summed E-state index contributed by atoms with van der Waals surface area (Å²) in [4.78, 5) is 2.14. The van der Waals surface area contributed by atoms with E-state index in [2.05, 4.69) is 4.90 Å². The van der Waals surface area contributed by atoms with Gasteiger partial charge in [-0.1, -0.05) is 29.3 Å². The third kappa shape index (κ3) is 3.16. The number of hydrogen-bond donors (Lipinski definition) is 0. The van der Waals surface area contributed by atoms with E-state index in [1.807, 2.05) is 26.2 Å². The fourth-order valence-corrected chi connectivity index (χ4v) is 2.90. The molecular weight excluding hydrogens is 273 g/mol. The highest BCUT2D eigenvalue weighted by Crippen LogP contribution is 2.34. The van der Waals surface area contributed by atoms with Crippen molar-refractivity contribution in [1.82, 2.24) is 4.90 Å². The van der Waals surface area contributed by atoms with Crippen LogP contribution in [0.3, 0.4) is 0 Å². The summed E-state index contributed by atoms with van der Waals surface area (Å²) < 4.78 is 10.8. The SMILES string of the molecule is CN(C)C(c1ccc(Cl)cc1Cl)C1COCOC1. The zero-order chi connectivity index (χ0) is 13.1. The van der Waals surface area contributed by atoms with Gasteiger partial charge in [-0.25, -0.2) is 0 Å². The monoisotopic (exact) mass is 289 g/mol. The molecule has 1 aliphatic heterocycles. The van der Waals surface area contributed by atoms with Crippen LogP contribution in [0.15, 0.2) is 18.2 Å². The first-order chi connectivity index (χ1) is 8.59. The summed E-state index contributed by atoms with van der Waals surface area (Å²) in [6, 6.07) is 5.78. The van der Waals surface area contributed by atoms with Gasteiger partial charge in [-0.3, -0.25) is 0 Å². The molecule has 100 valence electrons. The molecule has 5 heteroatoms. The second-order valence-corrected chi connectivity index (χ2v) is 5.54. The second-order valence-electron chi connectivity index (χ2n) is 4.69. The van der Waals surface area contributed by atoms with E-state index in [1.165, 1.54) is 0 Å². The molecule has 0 bridgehead atoms. The summed E-state index contributed by atoms with van der Waals surface area (Å²) in [5, 5.41) is 1.34. The van der Waals surface area contributed by atoms with Crippen LogP contribution in [-0.4, -0.2) is 39.0 Å². The number of rotatable bonds is 3. The minimum atomic E-state index is 0.162. The number of benzene rings is 1. The van der Waals surface area contributed by atoms with Gasteiger partial charge >= 0.3 is 0 Å². The molecule has 0 spiro atoms. The van der Waals surface area contributed by atoms with Crippen LogP contribution >= 0.6 is 23.2 Å². The Morgan fingerprint density at radius 1 is 1.22 bits per heavy atom. The van der Waals surface area contributed by atoms with E-state index in [9.17, 15) is 0 Å². The van der Waals surface area contributed by atoms with Crippen molar-refractivity contribution >= 4 is 23.2 Å². The molecule has 0 radical (unpaired) electrons. The van der Waals surface area contributed by atoms with E-state index in [0.717, 1.165) is 5.56 Å². The molecule has 0 aromatic heterocycles. The Kier molecular flexibility index (Phi) is 4.87. The molecule has 1 atom stereocenters. The average Bonchev–Trinajstić information content (AvgIpc) is 2.33. The molecule has 1 fully saturated rings. The lowest BCUT2D eigenvalue weighted by Gasteiger charge is -2.35. The minimum Gasteiger partial charge on any atom is -0.355 e. The summed E-state index contributed by atoms with van der Waals surface area (Å²) in [7, 11) is 4.06. The van der Waals surface area contributed by atoms with Crippen molar-refractivity contribution in [3.63, 3.8) is 0 Å². The van der Waals surface area contributed by atoms with Crippen LogP contribution < -0.4 is 0 Å². The molecule has 1 aromatic carbocycles. The molecule has 1 unspecified atom stereocenters. The van der Waals surface area contributed by atoms with Gasteiger partial charge in [0.05, 0.1) is 13.2 Å². The third-order valence-corrected chi connectivity index (χ3v) is 3.68. The van der Waals surface area contributed by atoms with Crippen molar-refractivity contribution < 1.29 is 9.47 Å². The topological polar surface area (TPSA) is 21.7 Å². The average molecular weight is 290 g/mol. The second kappa shape index (κ2) is 6.22. The molecule has 3 nitrogen and oxygen atoms in total. The molecule has 2 rings (SSSR count). The molecule has 1 saturated heterocycles. The smallest absolute Gasteiger partial charge is 0.146 e. The van der Waals surface area contributed by atoms with Crippen LogP contribution in [0.4, 0.5) is 0 Å². The number of nitrogens with zero attached hydrogens (tertiary/aromatic N) is 1. The quantitative estimate of drug-likeness (QED) is 0.853. The summed E-state index contributed by atoms with van der Waals surface area (Å²) in [6.45, 7) is 1.74. The van der Waals surface area contributed by atoms with Crippen LogP contribution in [-0.2, 0) is 9.47 Å². The van der Waals surface area contributed by atoms with Crippen molar-refractivity contribution in [3.05, 3.63) is 33.8 Å². The number of halogens is 2. The van der Waals surface area contributed by atoms with E-state index in [-0.39, 0.29) is 12.0 Å². The Hall–Kier alpha value is -0.320. The lowest BCUT2D eigenvalue weighted by Crippen LogP contribution is -2.36. The van der Waals surface area contributed by atoms with Crippen molar-refractivity contribution in [2.45, 2.75) is 6.04 Å². The van der Waals surface area contributed by atoms with Crippen LogP contribution in [0, 0.1) is 5.92 Å². The Morgan fingerprint density at radius 3 is 2.44 bits per heavy atom. The predicted molar refractivity (Wildman–Crippen MR) is 73.2 cm³/mol. The Balaban J connectivity index is 2.28. The fourth-order valence-electron chi connectivity index (χ4n) is 2.38. The highest BCUT2D eigenvalue weighted by atomic mass is 35.5. The first kappa shape index (κ1) is 14.1. The third-order valence-electron chi connectivity index (χ3n) is 3.11. The highest BCUT2D eigenvalue weighted by molar-refractivity contribution is 6.35. The van der Waals surface area contributed by atoms with Crippen molar-refractivity contribution in [2.24, 2.45) is 5.92 Å². The highest BCUT2D eigenvalue weighted by Gasteiger charge is 2.29. The molecule has 0 saturated carbocycles. The van der Waals surface area contributed by atoms with E-state index in [4.69, 9.17) is 32.7 Å². The van der Waals surface area contributed by atoms with Gasteiger partial charge in [0.2, 0.25) is 0 Å². The zero-order valence-corrected chi connectivity index (χ0v) is 12.0. The summed E-state index contributed by atoms with van der Waals surface area (Å²) in [5.41, 5.74) is 1.06. The van der Waals surface area contributed by atoms with E-state index >= 15 is 0 Å². The van der Waals surface area contributed by atoms with Gasteiger partial charge in [-0.2, -0.15) is 0 Å². The van der Waals surface area contributed by atoms with Crippen LogP contribution in [0.5, 0.6) is 0 Å². The van der Waals surface area contributed by atoms with Crippen LogP contribution in [0.2, 0.25) is 10.0 Å². The fraction of sp³-hybridized carbons (Fsp3) is 0.538. The van der Waals surface area contributed by atoms with Gasteiger partial charge < -0.3 is 14.4 Å². The first-order valence-electron chi connectivity index (χ1n) is 5.86. The largest absolute Gasteiger partial charge is 0.355 e. The Morgan fingerprint density at radius 2 is 1.89 bits per heavy atom. The molecule has 1 heterocycles. The first-order valence-corrected chi connectivity index (χ1v) is 6.62. The van der Waals surface area contributed by atoms with Gasteiger partial charge in [0, 0.05) is 22.0 Å².